The number of hydrogen-bond acceptors (Lipinski definition) is 2. The third kappa shape index (κ3) is 2.29. The number of benzene rings is 2. The van der Waals surface area contributed by atoms with E-state index in [4.69, 9.17) is 0 Å². The first-order chi connectivity index (χ1) is 9.69. The molecular weight excluding hydrogens is 253 g/mol. The Morgan fingerprint density at radius 1 is 1.25 bits per heavy atom. The molecule has 2 nitrogen and oxygen atoms in total. The van der Waals surface area contributed by atoms with Crippen LogP contribution in [0.2, 0.25) is 0 Å². The first-order valence-electron chi connectivity index (χ1n) is 6.96. The summed E-state index contributed by atoms with van der Waals surface area (Å²) in [7, 11) is 0. The van der Waals surface area contributed by atoms with Gasteiger partial charge < -0.3 is 10.0 Å². The number of aryl methyl sites for hydroxylation is 1. The van der Waals surface area contributed by atoms with E-state index in [1.54, 1.807) is 0 Å². The number of fused-ring (bicyclic) bond motifs is 1. The molecule has 0 saturated carbocycles. The molecule has 1 N–H and O–H groups in total. The second-order valence-corrected chi connectivity index (χ2v) is 5.36. The van der Waals surface area contributed by atoms with Crippen molar-refractivity contribution in [2.45, 2.75) is 32.4 Å². The van der Waals surface area contributed by atoms with Gasteiger partial charge in [-0.25, -0.2) is 4.39 Å². The van der Waals surface area contributed by atoms with Crippen molar-refractivity contribution in [1.82, 2.24) is 0 Å². The fraction of sp³-hybridized carbons (Fsp3) is 0.294. The Balaban J connectivity index is 2.11. The van der Waals surface area contributed by atoms with Gasteiger partial charge in [0.15, 0.2) is 0 Å². The molecule has 1 unspecified atom stereocenters. The van der Waals surface area contributed by atoms with Crippen LogP contribution in [0.3, 0.4) is 0 Å². The standard InChI is InChI=1S/C17H18FNO/c1-12-6-7-14-4-2-3-5-17(14)19(12)16-9-13(11-20)8-15(18)10-16/h2-5,8-10,12,20H,6-7,11H2,1H3. The maximum atomic E-state index is 13.7. The number of aliphatic hydroxyl groups is 1. The van der Waals surface area contributed by atoms with E-state index in [0.717, 1.165) is 24.2 Å². The average Bonchev–Trinajstić information content (AvgIpc) is 2.46. The Hall–Kier alpha value is -1.87. The molecule has 0 aliphatic carbocycles. The Kier molecular flexibility index (Phi) is 3.45. The van der Waals surface area contributed by atoms with Crippen molar-refractivity contribution in [3.63, 3.8) is 0 Å². The number of nitrogens with zero attached hydrogens (tertiary/aromatic N) is 1. The minimum Gasteiger partial charge on any atom is -0.392 e. The molecule has 3 rings (SSSR count). The molecule has 1 atom stereocenters. The van der Waals surface area contributed by atoms with Gasteiger partial charge >= 0.3 is 0 Å². The number of halogens is 1. The van der Waals surface area contributed by atoms with E-state index in [-0.39, 0.29) is 12.4 Å². The Labute approximate surface area is 118 Å². The maximum absolute atomic E-state index is 13.7. The Morgan fingerprint density at radius 2 is 2.05 bits per heavy atom. The lowest BCUT2D eigenvalue weighted by molar-refractivity contribution is 0.281. The van der Waals surface area contributed by atoms with Gasteiger partial charge in [-0.2, -0.15) is 0 Å². The molecule has 0 spiro atoms. The summed E-state index contributed by atoms with van der Waals surface area (Å²) in [6, 6.07) is 13.4. The van der Waals surface area contributed by atoms with Crippen molar-refractivity contribution in [2.75, 3.05) is 4.90 Å². The summed E-state index contributed by atoms with van der Waals surface area (Å²) in [5, 5.41) is 9.26. The zero-order valence-electron chi connectivity index (χ0n) is 11.5. The summed E-state index contributed by atoms with van der Waals surface area (Å²) in [5.41, 5.74) is 3.85. The Morgan fingerprint density at radius 3 is 2.85 bits per heavy atom. The highest BCUT2D eigenvalue weighted by Gasteiger charge is 2.24. The number of para-hydroxylation sites is 1. The van der Waals surface area contributed by atoms with Crippen LogP contribution >= 0.6 is 0 Å². The summed E-state index contributed by atoms with van der Waals surface area (Å²) in [5.74, 6) is -0.304. The summed E-state index contributed by atoms with van der Waals surface area (Å²) in [6.07, 6.45) is 2.10. The number of hydrogen-bond donors (Lipinski definition) is 1. The smallest absolute Gasteiger partial charge is 0.125 e. The lowest BCUT2D eigenvalue weighted by Gasteiger charge is -2.37. The largest absolute Gasteiger partial charge is 0.392 e. The SMILES string of the molecule is CC1CCc2ccccc2N1c1cc(F)cc(CO)c1. The number of aliphatic hydroxyl groups excluding tert-OH is 1. The predicted molar refractivity (Wildman–Crippen MR) is 78.7 cm³/mol. The topological polar surface area (TPSA) is 23.5 Å². The minimum absolute atomic E-state index is 0.144. The van der Waals surface area contributed by atoms with Crippen molar-refractivity contribution in [3.05, 3.63) is 59.4 Å². The van der Waals surface area contributed by atoms with E-state index in [2.05, 4.69) is 24.0 Å². The summed E-state index contributed by atoms with van der Waals surface area (Å²) in [6.45, 7) is 2.01. The molecule has 0 saturated heterocycles. The molecule has 2 aromatic carbocycles. The van der Waals surface area contributed by atoms with Crippen molar-refractivity contribution in [3.8, 4) is 0 Å². The van der Waals surface area contributed by atoms with E-state index in [9.17, 15) is 9.50 Å². The van der Waals surface area contributed by atoms with Gasteiger partial charge in [0, 0.05) is 17.4 Å². The zero-order chi connectivity index (χ0) is 14.1. The molecule has 1 aliphatic heterocycles. The van der Waals surface area contributed by atoms with Gasteiger partial charge in [0.1, 0.15) is 5.82 Å². The van der Waals surface area contributed by atoms with Gasteiger partial charge in [0.25, 0.3) is 0 Å². The van der Waals surface area contributed by atoms with Crippen LogP contribution in [0.25, 0.3) is 0 Å². The molecule has 0 fully saturated rings. The van der Waals surface area contributed by atoms with Crippen molar-refractivity contribution in [2.24, 2.45) is 0 Å². The van der Waals surface area contributed by atoms with E-state index < -0.39 is 0 Å². The first-order valence-corrected chi connectivity index (χ1v) is 6.96. The molecular formula is C17H18FNO. The summed E-state index contributed by atoms with van der Waals surface area (Å²) in [4.78, 5) is 2.17. The molecule has 2 aromatic rings. The van der Waals surface area contributed by atoms with Gasteiger partial charge in [-0.3, -0.25) is 0 Å². The quantitative estimate of drug-likeness (QED) is 0.898. The van der Waals surface area contributed by atoms with Crippen LogP contribution in [0.1, 0.15) is 24.5 Å². The number of anilines is 2. The van der Waals surface area contributed by atoms with Crippen molar-refractivity contribution < 1.29 is 9.50 Å². The average molecular weight is 271 g/mol. The monoisotopic (exact) mass is 271 g/mol. The zero-order valence-corrected chi connectivity index (χ0v) is 11.5. The normalized spacial score (nSPS) is 17.9. The van der Waals surface area contributed by atoms with Crippen LogP contribution in [0.4, 0.5) is 15.8 Å². The molecule has 0 aromatic heterocycles. The second kappa shape index (κ2) is 5.25. The summed E-state index contributed by atoms with van der Waals surface area (Å²) >= 11 is 0. The fourth-order valence-electron chi connectivity index (χ4n) is 2.95. The highest BCUT2D eigenvalue weighted by atomic mass is 19.1. The van der Waals surface area contributed by atoms with Gasteiger partial charge in [0.2, 0.25) is 0 Å². The number of rotatable bonds is 2. The highest BCUT2D eigenvalue weighted by Crippen LogP contribution is 2.37. The third-order valence-electron chi connectivity index (χ3n) is 3.93. The van der Waals surface area contributed by atoms with Crippen molar-refractivity contribution >= 4 is 11.4 Å². The van der Waals surface area contributed by atoms with Gasteiger partial charge in [0.05, 0.1) is 6.61 Å². The maximum Gasteiger partial charge on any atom is 0.125 e. The predicted octanol–water partition coefficient (Wildman–Crippen LogP) is 3.79. The van der Waals surface area contributed by atoms with Crippen LogP contribution in [0.5, 0.6) is 0 Å². The Bertz CT molecular complexity index is 626. The fourth-order valence-corrected chi connectivity index (χ4v) is 2.95. The molecule has 0 bridgehead atoms. The molecule has 1 heterocycles. The highest BCUT2D eigenvalue weighted by molar-refractivity contribution is 5.69. The van der Waals surface area contributed by atoms with Crippen molar-refractivity contribution in [1.29, 1.82) is 0 Å². The van der Waals surface area contributed by atoms with Crippen LogP contribution in [-0.4, -0.2) is 11.1 Å². The lowest BCUT2D eigenvalue weighted by Crippen LogP contribution is -2.33. The molecule has 20 heavy (non-hydrogen) atoms. The molecule has 3 heteroatoms. The van der Waals surface area contributed by atoms with E-state index >= 15 is 0 Å². The van der Waals surface area contributed by atoms with Gasteiger partial charge in [-0.15, -0.1) is 0 Å². The molecule has 0 amide bonds. The molecule has 104 valence electrons. The lowest BCUT2D eigenvalue weighted by atomic mass is 9.95. The summed E-state index contributed by atoms with van der Waals surface area (Å²) < 4.78 is 13.7. The van der Waals surface area contributed by atoms with E-state index in [1.807, 2.05) is 18.2 Å². The first kappa shape index (κ1) is 13.1. The van der Waals surface area contributed by atoms with Crippen LogP contribution in [0.15, 0.2) is 42.5 Å². The van der Waals surface area contributed by atoms with Gasteiger partial charge in [-0.1, -0.05) is 18.2 Å². The molecule has 0 radical (unpaired) electrons. The van der Waals surface area contributed by atoms with Crippen LogP contribution < -0.4 is 4.90 Å². The minimum atomic E-state index is -0.304. The van der Waals surface area contributed by atoms with Crippen LogP contribution in [0, 0.1) is 5.82 Å². The second-order valence-electron chi connectivity index (χ2n) is 5.36. The van der Waals surface area contributed by atoms with E-state index in [1.165, 1.54) is 17.7 Å². The van der Waals surface area contributed by atoms with Crippen LogP contribution in [-0.2, 0) is 13.0 Å². The van der Waals surface area contributed by atoms with Gasteiger partial charge in [-0.05, 0) is 55.2 Å². The molecule has 1 aliphatic rings. The van der Waals surface area contributed by atoms with E-state index in [0.29, 0.717) is 11.6 Å². The third-order valence-corrected chi connectivity index (χ3v) is 3.93.